The van der Waals surface area contributed by atoms with E-state index in [0.717, 1.165) is 17.8 Å². The number of rotatable bonds is 7. The molecule has 0 radical (unpaired) electrons. The maximum absolute atomic E-state index is 12.0. The Morgan fingerprint density at radius 1 is 1.40 bits per heavy atom. The van der Waals surface area contributed by atoms with Crippen LogP contribution in [-0.4, -0.2) is 34.0 Å². The highest BCUT2D eigenvalue weighted by Crippen LogP contribution is 2.03. The number of carbonyl (C=O) groups is 2. The molecule has 0 fully saturated rings. The van der Waals surface area contributed by atoms with Crippen LogP contribution in [0.15, 0.2) is 6.33 Å². The van der Waals surface area contributed by atoms with Crippen molar-refractivity contribution in [3.8, 4) is 0 Å². The zero-order valence-corrected chi connectivity index (χ0v) is 12.7. The largest absolute Gasteiger partial charge is 0.353 e. The summed E-state index contributed by atoms with van der Waals surface area (Å²) in [5.74, 6) is -0.309. The predicted molar refractivity (Wildman–Crippen MR) is 77.2 cm³/mol. The van der Waals surface area contributed by atoms with Crippen molar-refractivity contribution in [3.63, 3.8) is 0 Å². The standard InChI is InChI=1S/C14H24N4O2/c1-5-6-13(17-12(4)19)14(20)15-7-8-18-9-16-10(2)11(18)3/h9,13H,5-8H2,1-4H3,(H,15,20)(H,17,19). The number of amides is 2. The molecule has 1 atom stereocenters. The Kier molecular flexibility index (Phi) is 6.21. The van der Waals surface area contributed by atoms with Gasteiger partial charge in [-0.1, -0.05) is 13.3 Å². The van der Waals surface area contributed by atoms with Gasteiger partial charge in [0.2, 0.25) is 11.8 Å². The normalized spacial score (nSPS) is 12.0. The Bertz CT molecular complexity index is 468. The fourth-order valence-electron chi connectivity index (χ4n) is 2.00. The molecule has 6 heteroatoms. The van der Waals surface area contributed by atoms with E-state index in [-0.39, 0.29) is 11.8 Å². The number of hydrogen-bond acceptors (Lipinski definition) is 3. The molecule has 1 heterocycles. The Hall–Kier alpha value is -1.85. The molecule has 6 nitrogen and oxygen atoms in total. The average Bonchev–Trinajstić information content (AvgIpc) is 2.69. The van der Waals surface area contributed by atoms with Crippen molar-refractivity contribution in [1.29, 1.82) is 0 Å². The predicted octanol–water partition coefficient (Wildman–Crippen LogP) is 0.921. The van der Waals surface area contributed by atoms with Gasteiger partial charge in [0.25, 0.3) is 0 Å². The SMILES string of the molecule is CCCC(NC(C)=O)C(=O)NCCn1cnc(C)c1C. The number of nitrogens with zero attached hydrogens (tertiary/aromatic N) is 2. The highest BCUT2D eigenvalue weighted by molar-refractivity contribution is 5.86. The van der Waals surface area contributed by atoms with Crippen LogP contribution >= 0.6 is 0 Å². The van der Waals surface area contributed by atoms with Gasteiger partial charge in [-0.2, -0.15) is 0 Å². The monoisotopic (exact) mass is 280 g/mol. The van der Waals surface area contributed by atoms with E-state index in [1.165, 1.54) is 6.92 Å². The first-order valence-corrected chi connectivity index (χ1v) is 6.98. The lowest BCUT2D eigenvalue weighted by Crippen LogP contribution is -2.46. The summed E-state index contributed by atoms with van der Waals surface area (Å²) in [5.41, 5.74) is 2.10. The molecule has 1 unspecified atom stereocenters. The van der Waals surface area contributed by atoms with Crippen LogP contribution in [0.25, 0.3) is 0 Å². The van der Waals surface area contributed by atoms with Crippen molar-refractivity contribution in [2.75, 3.05) is 6.54 Å². The smallest absolute Gasteiger partial charge is 0.242 e. The molecule has 0 aliphatic carbocycles. The van der Waals surface area contributed by atoms with Crippen molar-refractivity contribution < 1.29 is 9.59 Å². The van der Waals surface area contributed by atoms with E-state index < -0.39 is 6.04 Å². The van der Waals surface area contributed by atoms with Crippen LogP contribution in [0, 0.1) is 13.8 Å². The quantitative estimate of drug-likeness (QED) is 0.780. The highest BCUT2D eigenvalue weighted by Gasteiger charge is 2.17. The fraction of sp³-hybridized carbons (Fsp3) is 0.643. The van der Waals surface area contributed by atoms with Gasteiger partial charge in [-0.05, 0) is 20.3 Å². The number of aryl methyl sites for hydroxylation is 1. The summed E-state index contributed by atoms with van der Waals surface area (Å²) in [4.78, 5) is 27.3. The van der Waals surface area contributed by atoms with E-state index in [4.69, 9.17) is 0 Å². The van der Waals surface area contributed by atoms with Crippen LogP contribution in [0.1, 0.15) is 38.1 Å². The summed E-state index contributed by atoms with van der Waals surface area (Å²) >= 11 is 0. The van der Waals surface area contributed by atoms with E-state index in [0.29, 0.717) is 19.5 Å². The van der Waals surface area contributed by atoms with Crippen molar-refractivity contribution in [3.05, 3.63) is 17.7 Å². The van der Waals surface area contributed by atoms with E-state index in [1.807, 2.05) is 25.3 Å². The van der Waals surface area contributed by atoms with Crippen molar-refractivity contribution in [1.82, 2.24) is 20.2 Å². The first-order valence-electron chi connectivity index (χ1n) is 6.98. The lowest BCUT2D eigenvalue weighted by molar-refractivity contribution is -0.128. The molecular formula is C14H24N4O2. The molecule has 0 saturated carbocycles. The highest BCUT2D eigenvalue weighted by atomic mass is 16.2. The molecule has 20 heavy (non-hydrogen) atoms. The van der Waals surface area contributed by atoms with Crippen LogP contribution in [0.2, 0.25) is 0 Å². The maximum Gasteiger partial charge on any atom is 0.242 e. The molecule has 2 amide bonds. The molecule has 0 bridgehead atoms. The zero-order chi connectivity index (χ0) is 15.1. The summed E-state index contributed by atoms with van der Waals surface area (Å²) < 4.78 is 2.00. The number of carbonyl (C=O) groups excluding carboxylic acids is 2. The summed E-state index contributed by atoms with van der Waals surface area (Å²) in [6.45, 7) is 8.57. The third-order valence-corrected chi connectivity index (χ3v) is 3.27. The molecule has 2 N–H and O–H groups in total. The van der Waals surface area contributed by atoms with Gasteiger partial charge in [0.15, 0.2) is 0 Å². The van der Waals surface area contributed by atoms with Gasteiger partial charge in [-0.15, -0.1) is 0 Å². The van der Waals surface area contributed by atoms with Crippen LogP contribution in [0.4, 0.5) is 0 Å². The number of aromatic nitrogens is 2. The number of nitrogens with one attached hydrogen (secondary N) is 2. The summed E-state index contributed by atoms with van der Waals surface area (Å²) in [5, 5.41) is 5.53. The zero-order valence-electron chi connectivity index (χ0n) is 12.7. The topological polar surface area (TPSA) is 76.0 Å². The van der Waals surface area contributed by atoms with Crippen molar-refractivity contribution in [2.45, 2.75) is 53.1 Å². The Morgan fingerprint density at radius 3 is 2.60 bits per heavy atom. The molecule has 1 aromatic rings. The molecule has 0 aliphatic heterocycles. The molecule has 0 aromatic carbocycles. The maximum atomic E-state index is 12.0. The second-order valence-electron chi connectivity index (χ2n) is 4.94. The average molecular weight is 280 g/mol. The minimum atomic E-state index is -0.442. The number of hydrogen-bond donors (Lipinski definition) is 2. The van der Waals surface area contributed by atoms with Gasteiger partial charge in [0.05, 0.1) is 12.0 Å². The van der Waals surface area contributed by atoms with E-state index in [9.17, 15) is 9.59 Å². The van der Waals surface area contributed by atoms with Crippen LogP contribution in [0.5, 0.6) is 0 Å². The molecule has 0 aliphatic rings. The number of imidazole rings is 1. The van der Waals surface area contributed by atoms with Crippen LogP contribution in [-0.2, 0) is 16.1 Å². The summed E-state index contributed by atoms with van der Waals surface area (Å²) in [7, 11) is 0. The van der Waals surface area contributed by atoms with E-state index >= 15 is 0 Å². The third-order valence-electron chi connectivity index (χ3n) is 3.27. The molecular weight excluding hydrogens is 256 g/mol. The lowest BCUT2D eigenvalue weighted by Gasteiger charge is -2.17. The summed E-state index contributed by atoms with van der Waals surface area (Å²) in [6, 6.07) is -0.442. The van der Waals surface area contributed by atoms with Crippen molar-refractivity contribution in [2.24, 2.45) is 0 Å². The Labute approximate surface area is 120 Å². The van der Waals surface area contributed by atoms with Gasteiger partial charge in [0.1, 0.15) is 6.04 Å². The minimum Gasteiger partial charge on any atom is -0.353 e. The molecule has 1 aromatic heterocycles. The van der Waals surface area contributed by atoms with Gasteiger partial charge in [-0.25, -0.2) is 4.98 Å². The van der Waals surface area contributed by atoms with Gasteiger partial charge >= 0.3 is 0 Å². The second-order valence-corrected chi connectivity index (χ2v) is 4.94. The lowest BCUT2D eigenvalue weighted by atomic mass is 10.1. The molecule has 112 valence electrons. The van der Waals surface area contributed by atoms with Crippen molar-refractivity contribution >= 4 is 11.8 Å². The first kappa shape index (κ1) is 16.2. The fourth-order valence-corrected chi connectivity index (χ4v) is 2.00. The molecule has 1 rings (SSSR count). The Balaban J connectivity index is 2.44. The van der Waals surface area contributed by atoms with Gasteiger partial charge < -0.3 is 15.2 Å². The molecule has 0 spiro atoms. The van der Waals surface area contributed by atoms with E-state index in [2.05, 4.69) is 15.6 Å². The second kappa shape index (κ2) is 7.67. The van der Waals surface area contributed by atoms with E-state index in [1.54, 1.807) is 6.33 Å². The molecule has 0 saturated heterocycles. The third kappa shape index (κ3) is 4.68. The Morgan fingerprint density at radius 2 is 2.10 bits per heavy atom. The van der Waals surface area contributed by atoms with Gasteiger partial charge in [0, 0.05) is 25.7 Å². The first-order chi connectivity index (χ1) is 9.45. The summed E-state index contributed by atoms with van der Waals surface area (Å²) in [6.07, 6.45) is 3.26. The van der Waals surface area contributed by atoms with Gasteiger partial charge in [-0.3, -0.25) is 9.59 Å². The minimum absolute atomic E-state index is 0.128. The van der Waals surface area contributed by atoms with Crippen LogP contribution < -0.4 is 10.6 Å². The van der Waals surface area contributed by atoms with Crippen LogP contribution in [0.3, 0.4) is 0 Å².